The largest absolute Gasteiger partial charge is 0.416 e. The number of aliphatic hydroxyl groups is 1. The van der Waals surface area contributed by atoms with E-state index in [1.165, 1.54) is 12.1 Å². The number of nitrogens with one attached hydrogen (secondary N) is 1. The van der Waals surface area contributed by atoms with E-state index in [1.807, 2.05) is 13.8 Å². The Balaban J connectivity index is 1.35. The number of alkyl halides is 3. The molecule has 3 atom stereocenters. The lowest BCUT2D eigenvalue weighted by Gasteiger charge is -2.49. The van der Waals surface area contributed by atoms with Crippen LogP contribution in [0.3, 0.4) is 0 Å². The molecule has 2 aromatic rings. The fourth-order valence-corrected chi connectivity index (χ4v) is 7.03. The molecule has 4 nitrogen and oxygen atoms in total. The maximum Gasteiger partial charge on any atom is 0.416 e. The summed E-state index contributed by atoms with van der Waals surface area (Å²) in [6, 6.07) is 4.10. The number of halogens is 3. The van der Waals surface area contributed by atoms with E-state index in [9.17, 15) is 18.3 Å². The van der Waals surface area contributed by atoms with Crippen molar-refractivity contribution < 1.29 is 23.0 Å². The first-order chi connectivity index (χ1) is 16.0. The van der Waals surface area contributed by atoms with Gasteiger partial charge in [0, 0.05) is 41.8 Å². The van der Waals surface area contributed by atoms with Crippen molar-refractivity contribution in [2.45, 2.75) is 70.6 Å². The Hall–Kier alpha value is -1.57. The molecule has 0 amide bonds. The van der Waals surface area contributed by atoms with Gasteiger partial charge in [-0.3, -0.25) is 0 Å². The van der Waals surface area contributed by atoms with E-state index < -0.39 is 17.3 Å². The molecule has 3 aliphatic rings. The predicted octanol–water partition coefficient (Wildman–Crippen LogP) is 5.74. The Kier molecular flexibility index (Phi) is 6.05. The molecule has 3 heterocycles. The van der Waals surface area contributed by atoms with Crippen molar-refractivity contribution in [1.82, 2.24) is 9.88 Å². The zero-order valence-corrected chi connectivity index (χ0v) is 20.5. The van der Waals surface area contributed by atoms with Crippen LogP contribution < -0.4 is 0 Å². The fraction of sp³-hybridized carbons (Fsp3) is 0.704. The quantitative estimate of drug-likeness (QED) is 0.589. The number of aromatic amines is 1. The van der Waals surface area contributed by atoms with E-state index in [2.05, 4.69) is 16.8 Å². The highest BCUT2D eigenvalue weighted by molar-refractivity contribution is 5.86. The molecular formula is C27H37F3N2O2. The van der Waals surface area contributed by atoms with Crippen molar-refractivity contribution >= 4 is 10.9 Å². The number of hydrogen-bond acceptors (Lipinski definition) is 3. The molecule has 5 rings (SSSR count). The van der Waals surface area contributed by atoms with Gasteiger partial charge >= 0.3 is 6.18 Å². The highest BCUT2D eigenvalue weighted by Crippen LogP contribution is 2.48. The molecule has 0 spiro atoms. The Morgan fingerprint density at radius 3 is 2.62 bits per heavy atom. The summed E-state index contributed by atoms with van der Waals surface area (Å²) < 4.78 is 45.7. The van der Waals surface area contributed by atoms with E-state index in [-0.39, 0.29) is 11.3 Å². The van der Waals surface area contributed by atoms with Crippen molar-refractivity contribution in [3.63, 3.8) is 0 Å². The smallest absolute Gasteiger partial charge is 0.390 e. The van der Waals surface area contributed by atoms with Gasteiger partial charge in [-0.05, 0) is 101 Å². The summed E-state index contributed by atoms with van der Waals surface area (Å²) in [5, 5.41) is 11.7. The number of aromatic nitrogens is 1. The van der Waals surface area contributed by atoms with Crippen LogP contribution >= 0.6 is 0 Å². The van der Waals surface area contributed by atoms with Gasteiger partial charge in [0.1, 0.15) is 0 Å². The van der Waals surface area contributed by atoms with Crippen molar-refractivity contribution in [2.24, 2.45) is 17.3 Å². The first-order valence-corrected chi connectivity index (χ1v) is 12.7. The number of likely N-dealkylation sites (tertiary alicyclic amines) is 1. The highest BCUT2D eigenvalue weighted by atomic mass is 19.4. The van der Waals surface area contributed by atoms with Crippen LogP contribution in [0.1, 0.15) is 69.2 Å². The second-order valence-corrected chi connectivity index (χ2v) is 11.5. The van der Waals surface area contributed by atoms with E-state index in [4.69, 9.17) is 4.74 Å². The van der Waals surface area contributed by atoms with Gasteiger partial charge in [-0.2, -0.15) is 13.2 Å². The third kappa shape index (κ3) is 4.18. The monoisotopic (exact) mass is 478 g/mol. The second kappa shape index (κ2) is 8.52. The molecule has 2 saturated heterocycles. The van der Waals surface area contributed by atoms with Crippen LogP contribution in [-0.4, -0.2) is 53.4 Å². The molecule has 1 aromatic heterocycles. The van der Waals surface area contributed by atoms with Gasteiger partial charge in [0.15, 0.2) is 0 Å². The van der Waals surface area contributed by atoms with Gasteiger partial charge < -0.3 is 19.7 Å². The predicted molar refractivity (Wildman–Crippen MR) is 127 cm³/mol. The number of fused-ring (bicyclic) bond motifs is 4. The molecule has 34 heavy (non-hydrogen) atoms. The summed E-state index contributed by atoms with van der Waals surface area (Å²) >= 11 is 0. The van der Waals surface area contributed by atoms with Crippen LogP contribution in [-0.2, 0) is 17.3 Å². The zero-order valence-electron chi connectivity index (χ0n) is 20.5. The van der Waals surface area contributed by atoms with Crippen molar-refractivity contribution in [2.75, 3.05) is 32.8 Å². The Morgan fingerprint density at radius 2 is 1.94 bits per heavy atom. The number of benzene rings is 1. The summed E-state index contributed by atoms with van der Waals surface area (Å²) in [4.78, 5) is 5.97. The number of hydrogen-bond donors (Lipinski definition) is 2. The third-order valence-corrected chi connectivity index (χ3v) is 9.36. The van der Waals surface area contributed by atoms with Gasteiger partial charge in [0.05, 0.1) is 11.2 Å². The van der Waals surface area contributed by atoms with Gasteiger partial charge in [-0.1, -0.05) is 6.92 Å². The highest BCUT2D eigenvalue weighted by Gasteiger charge is 2.46. The van der Waals surface area contributed by atoms with Crippen molar-refractivity contribution in [1.29, 1.82) is 0 Å². The normalized spacial score (nSPS) is 28.0. The Morgan fingerprint density at radius 1 is 1.21 bits per heavy atom. The van der Waals surface area contributed by atoms with Gasteiger partial charge in [0.2, 0.25) is 0 Å². The molecule has 1 aromatic carbocycles. The molecule has 1 aliphatic carbocycles. The van der Waals surface area contributed by atoms with Crippen LogP contribution in [0.15, 0.2) is 18.2 Å². The van der Waals surface area contributed by atoms with E-state index >= 15 is 0 Å². The summed E-state index contributed by atoms with van der Waals surface area (Å²) in [6.45, 7) is 10.4. The van der Waals surface area contributed by atoms with Crippen molar-refractivity contribution in [3.8, 4) is 0 Å². The Labute approximate surface area is 199 Å². The standard InChI is InChI=1S/C27H37F3N2O2/c1-17-21-16-32(11-7-26(25(2,3)33)8-12-34-13-9-26)10-6-18(21)14-23-24(17)20-15-19(27(28,29)30)4-5-22(20)31-23/h4-5,15,17-18,21,31,33H,6-14,16H2,1-3H3/t17-,18-,21-/m1/s1. The fourth-order valence-electron chi connectivity index (χ4n) is 7.03. The minimum Gasteiger partial charge on any atom is -0.390 e. The van der Waals surface area contributed by atoms with E-state index in [1.54, 1.807) is 6.07 Å². The maximum atomic E-state index is 13.4. The van der Waals surface area contributed by atoms with Crippen molar-refractivity contribution in [3.05, 3.63) is 35.0 Å². The molecule has 188 valence electrons. The number of piperidine rings is 1. The van der Waals surface area contributed by atoms with Crippen LogP contribution in [0.2, 0.25) is 0 Å². The molecule has 2 aliphatic heterocycles. The number of H-pyrrole nitrogens is 1. The number of ether oxygens (including phenoxy) is 1. The molecule has 2 N–H and O–H groups in total. The first-order valence-electron chi connectivity index (χ1n) is 12.7. The molecule has 0 radical (unpaired) electrons. The lowest BCUT2D eigenvalue weighted by atomic mass is 9.65. The average molecular weight is 479 g/mol. The minimum atomic E-state index is -4.33. The molecule has 0 saturated carbocycles. The number of rotatable bonds is 4. The Bertz CT molecular complexity index is 1030. The summed E-state index contributed by atoms with van der Waals surface area (Å²) in [5.41, 5.74) is 1.57. The SMILES string of the molecule is C[C@H]1c2c([nH]c3ccc(C(F)(F)F)cc23)C[C@H]2CCN(CCC3(C(C)(C)O)CCOCC3)C[C@@H]21. The second-order valence-electron chi connectivity index (χ2n) is 11.5. The zero-order chi connectivity index (χ0) is 24.3. The van der Waals surface area contributed by atoms with E-state index in [0.29, 0.717) is 25.0 Å². The van der Waals surface area contributed by atoms with Gasteiger partial charge in [-0.15, -0.1) is 0 Å². The number of nitrogens with zero attached hydrogens (tertiary/aromatic N) is 1. The minimum absolute atomic E-state index is 0.127. The molecular weight excluding hydrogens is 441 g/mol. The summed E-state index contributed by atoms with van der Waals surface area (Å²) in [6.07, 6.45) is 0.398. The van der Waals surface area contributed by atoms with Crippen LogP contribution in [0.25, 0.3) is 10.9 Å². The average Bonchev–Trinajstić information content (AvgIpc) is 3.15. The molecule has 7 heteroatoms. The summed E-state index contributed by atoms with van der Waals surface area (Å²) in [5.74, 6) is 1.20. The van der Waals surface area contributed by atoms with E-state index in [0.717, 1.165) is 73.9 Å². The molecule has 2 fully saturated rings. The lowest BCUT2D eigenvalue weighted by molar-refractivity contribution is -0.137. The molecule has 0 bridgehead atoms. The van der Waals surface area contributed by atoms with Crippen LogP contribution in [0.4, 0.5) is 13.2 Å². The molecule has 0 unspecified atom stereocenters. The van der Waals surface area contributed by atoms with Crippen LogP contribution in [0, 0.1) is 17.3 Å². The first kappa shape index (κ1) is 24.1. The van der Waals surface area contributed by atoms with Gasteiger partial charge in [-0.25, -0.2) is 0 Å². The summed E-state index contributed by atoms with van der Waals surface area (Å²) in [7, 11) is 0. The van der Waals surface area contributed by atoms with Gasteiger partial charge in [0.25, 0.3) is 0 Å². The van der Waals surface area contributed by atoms with Crippen LogP contribution in [0.5, 0.6) is 0 Å². The third-order valence-electron chi connectivity index (χ3n) is 9.36. The topological polar surface area (TPSA) is 48.5 Å². The lowest BCUT2D eigenvalue weighted by Crippen LogP contribution is -2.51. The maximum absolute atomic E-state index is 13.4.